The SMILES string of the molecule is CN(C(=O)OC1CCOCC1)[C@@H]1CN(C(=O)C2CCN(C(=O)C3(C)CC3)CC2)CC1c1ccc(Cl)cc1. The molecule has 202 valence electrons. The molecular formula is C28H38ClN3O5. The molecule has 1 saturated carbocycles. The number of carbonyl (C=O) groups excluding carboxylic acids is 3. The van der Waals surface area contributed by atoms with Crippen LogP contribution in [0, 0.1) is 11.3 Å². The molecule has 0 spiro atoms. The Hall–Kier alpha value is -2.32. The molecular weight excluding hydrogens is 494 g/mol. The number of rotatable bonds is 5. The zero-order valence-corrected chi connectivity index (χ0v) is 22.6. The second-order valence-corrected chi connectivity index (χ2v) is 11.8. The third kappa shape index (κ3) is 5.75. The van der Waals surface area contributed by atoms with Gasteiger partial charge in [-0.2, -0.15) is 0 Å². The van der Waals surface area contributed by atoms with Crippen LogP contribution in [0.2, 0.25) is 5.02 Å². The minimum atomic E-state index is -0.356. The predicted molar refractivity (Wildman–Crippen MR) is 139 cm³/mol. The lowest BCUT2D eigenvalue weighted by atomic mass is 9.93. The molecule has 0 aromatic heterocycles. The van der Waals surface area contributed by atoms with Crippen molar-refractivity contribution >= 4 is 29.5 Å². The number of nitrogens with zero attached hydrogens (tertiary/aromatic N) is 3. The van der Waals surface area contributed by atoms with Crippen molar-refractivity contribution in [3.63, 3.8) is 0 Å². The van der Waals surface area contributed by atoms with Gasteiger partial charge in [0, 0.05) is 68.3 Å². The Kier molecular flexibility index (Phi) is 7.68. The van der Waals surface area contributed by atoms with E-state index < -0.39 is 0 Å². The second-order valence-electron chi connectivity index (χ2n) is 11.4. The molecule has 1 aromatic carbocycles. The summed E-state index contributed by atoms with van der Waals surface area (Å²) in [4.78, 5) is 45.0. The van der Waals surface area contributed by atoms with E-state index in [1.54, 1.807) is 11.9 Å². The molecule has 1 unspecified atom stereocenters. The summed E-state index contributed by atoms with van der Waals surface area (Å²) in [6.07, 6.45) is 4.23. The molecule has 3 heterocycles. The zero-order chi connectivity index (χ0) is 26.2. The monoisotopic (exact) mass is 531 g/mol. The molecule has 2 atom stereocenters. The highest BCUT2D eigenvalue weighted by molar-refractivity contribution is 6.30. The van der Waals surface area contributed by atoms with Gasteiger partial charge in [-0.15, -0.1) is 0 Å². The van der Waals surface area contributed by atoms with Gasteiger partial charge in [0.2, 0.25) is 11.8 Å². The van der Waals surface area contributed by atoms with Crippen molar-refractivity contribution < 1.29 is 23.9 Å². The lowest BCUT2D eigenvalue weighted by Crippen LogP contribution is -2.47. The van der Waals surface area contributed by atoms with E-state index in [0.29, 0.717) is 70.1 Å². The lowest BCUT2D eigenvalue weighted by Gasteiger charge is -2.34. The molecule has 9 heteroatoms. The van der Waals surface area contributed by atoms with Gasteiger partial charge in [0.25, 0.3) is 0 Å². The van der Waals surface area contributed by atoms with Crippen LogP contribution in [0.15, 0.2) is 24.3 Å². The fraction of sp³-hybridized carbons (Fsp3) is 0.679. The topological polar surface area (TPSA) is 79.4 Å². The number of amides is 3. The Morgan fingerprint density at radius 2 is 1.65 bits per heavy atom. The second kappa shape index (κ2) is 10.8. The third-order valence-electron chi connectivity index (χ3n) is 8.77. The maximum Gasteiger partial charge on any atom is 0.410 e. The first-order valence-electron chi connectivity index (χ1n) is 13.6. The fourth-order valence-electron chi connectivity index (χ4n) is 5.92. The van der Waals surface area contributed by atoms with E-state index in [1.807, 2.05) is 41.0 Å². The summed E-state index contributed by atoms with van der Waals surface area (Å²) in [6.45, 7) is 5.52. The summed E-state index contributed by atoms with van der Waals surface area (Å²) in [6, 6.07) is 7.47. The molecule has 0 N–H and O–H groups in total. The maximum atomic E-state index is 13.6. The van der Waals surface area contributed by atoms with Crippen molar-refractivity contribution in [2.24, 2.45) is 11.3 Å². The minimum Gasteiger partial charge on any atom is -0.446 e. The largest absolute Gasteiger partial charge is 0.446 e. The summed E-state index contributed by atoms with van der Waals surface area (Å²) < 4.78 is 11.2. The van der Waals surface area contributed by atoms with Crippen LogP contribution in [0.1, 0.15) is 56.9 Å². The van der Waals surface area contributed by atoms with Crippen molar-refractivity contribution in [3.8, 4) is 0 Å². The van der Waals surface area contributed by atoms with Gasteiger partial charge in [0.05, 0.1) is 19.3 Å². The lowest BCUT2D eigenvalue weighted by molar-refractivity contribution is -0.142. The van der Waals surface area contributed by atoms with E-state index in [-0.39, 0.29) is 47.3 Å². The third-order valence-corrected chi connectivity index (χ3v) is 9.02. The summed E-state index contributed by atoms with van der Waals surface area (Å²) >= 11 is 6.14. The summed E-state index contributed by atoms with van der Waals surface area (Å²) in [5, 5.41) is 0.653. The quantitative estimate of drug-likeness (QED) is 0.575. The molecule has 4 fully saturated rings. The Labute approximate surface area is 224 Å². The molecule has 1 aromatic rings. The number of likely N-dealkylation sites (N-methyl/N-ethyl adjacent to an activating group) is 1. The van der Waals surface area contributed by atoms with E-state index in [0.717, 1.165) is 18.4 Å². The van der Waals surface area contributed by atoms with E-state index in [1.165, 1.54) is 0 Å². The van der Waals surface area contributed by atoms with Gasteiger partial charge in [-0.05, 0) is 43.4 Å². The van der Waals surface area contributed by atoms with Gasteiger partial charge in [-0.25, -0.2) is 4.79 Å². The van der Waals surface area contributed by atoms with Gasteiger partial charge >= 0.3 is 6.09 Å². The number of likely N-dealkylation sites (tertiary alicyclic amines) is 2. The predicted octanol–water partition coefficient (Wildman–Crippen LogP) is 3.92. The molecule has 37 heavy (non-hydrogen) atoms. The van der Waals surface area contributed by atoms with Crippen molar-refractivity contribution in [3.05, 3.63) is 34.9 Å². The molecule has 8 nitrogen and oxygen atoms in total. The van der Waals surface area contributed by atoms with Crippen molar-refractivity contribution in [2.75, 3.05) is 46.4 Å². The Morgan fingerprint density at radius 1 is 1.00 bits per heavy atom. The van der Waals surface area contributed by atoms with E-state index in [9.17, 15) is 14.4 Å². The first kappa shape index (κ1) is 26.3. The van der Waals surface area contributed by atoms with E-state index >= 15 is 0 Å². The van der Waals surface area contributed by atoms with Crippen molar-refractivity contribution in [1.29, 1.82) is 0 Å². The van der Waals surface area contributed by atoms with Crippen LogP contribution in [-0.2, 0) is 19.1 Å². The number of hydrogen-bond acceptors (Lipinski definition) is 5. The summed E-state index contributed by atoms with van der Waals surface area (Å²) in [7, 11) is 1.77. The Balaban J connectivity index is 1.25. The minimum absolute atomic E-state index is 0.0371. The van der Waals surface area contributed by atoms with Crippen LogP contribution in [0.5, 0.6) is 0 Å². The zero-order valence-electron chi connectivity index (χ0n) is 21.9. The molecule has 3 saturated heterocycles. The molecule has 4 aliphatic rings. The van der Waals surface area contributed by atoms with Gasteiger partial charge < -0.3 is 24.2 Å². The first-order valence-corrected chi connectivity index (χ1v) is 14.0. The number of piperidine rings is 1. The number of ether oxygens (including phenoxy) is 2. The van der Waals surface area contributed by atoms with Crippen molar-refractivity contribution in [1.82, 2.24) is 14.7 Å². The average Bonchev–Trinajstić information content (AvgIpc) is 3.52. The molecule has 5 rings (SSSR count). The maximum absolute atomic E-state index is 13.6. The van der Waals surface area contributed by atoms with Gasteiger partial charge in [-0.3, -0.25) is 9.59 Å². The Bertz CT molecular complexity index is 1000. The van der Waals surface area contributed by atoms with Crippen LogP contribution in [0.3, 0.4) is 0 Å². The standard InChI is InChI=1S/C28H38ClN3O5/c1-28(11-12-28)26(34)31-13-7-20(8-14-31)25(33)32-17-23(19-3-5-21(29)6-4-19)24(18-32)30(2)27(35)37-22-9-15-36-16-10-22/h3-6,20,22-24H,7-18H2,1-2H3/t23?,24-/m1/s1. The van der Waals surface area contributed by atoms with Gasteiger partial charge in [0.1, 0.15) is 6.10 Å². The number of carbonyl (C=O) groups is 3. The molecule has 3 aliphatic heterocycles. The Morgan fingerprint density at radius 3 is 2.27 bits per heavy atom. The highest BCUT2D eigenvalue weighted by atomic mass is 35.5. The highest BCUT2D eigenvalue weighted by Gasteiger charge is 2.48. The van der Waals surface area contributed by atoms with Crippen LogP contribution in [-0.4, -0.2) is 91.2 Å². The summed E-state index contributed by atoms with van der Waals surface area (Å²) in [5.41, 5.74) is 0.878. The van der Waals surface area contributed by atoms with Crippen LogP contribution < -0.4 is 0 Å². The average molecular weight is 532 g/mol. The smallest absolute Gasteiger partial charge is 0.410 e. The van der Waals surface area contributed by atoms with E-state index in [4.69, 9.17) is 21.1 Å². The molecule has 0 radical (unpaired) electrons. The summed E-state index contributed by atoms with van der Waals surface area (Å²) in [5.74, 6) is 0.231. The normalized spacial score (nSPS) is 26.1. The van der Waals surface area contributed by atoms with Gasteiger partial charge in [-0.1, -0.05) is 30.7 Å². The van der Waals surface area contributed by atoms with Crippen LogP contribution in [0.4, 0.5) is 4.79 Å². The molecule has 3 amide bonds. The van der Waals surface area contributed by atoms with Gasteiger partial charge in [0.15, 0.2) is 0 Å². The fourth-order valence-corrected chi connectivity index (χ4v) is 6.05. The van der Waals surface area contributed by atoms with Crippen molar-refractivity contribution in [2.45, 2.75) is 63.5 Å². The van der Waals surface area contributed by atoms with Crippen LogP contribution in [0.25, 0.3) is 0 Å². The number of halogens is 1. The number of hydrogen-bond donors (Lipinski definition) is 0. The molecule has 1 aliphatic carbocycles. The molecule has 0 bridgehead atoms. The van der Waals surface area contributed by atoms with Crippen LogP contribution >= 0.6 is 11.6 Å². The number of benzene rings is 1. The first-order chi connectivity index (χ1) is 17.7. The highest BCUT2D eigenvalue weighted by Crippen LogP contribution is 2.47. The van der Waals surface area contributed by atoms with E-state index in [2.05, 4.69) is 0 Å².